The van der Waals surface area contributed by atoms with E-state index in [4.69, 9.17) is 4.74 Å². The summed E-state index contributed by atoms with van der Waals surface area (Å²) < 4.78 is 5.71. The summed E-state index contributed by atoms with van der Waals surface area (Å²) >= 11 is 0. The Balaban J connectivity index is 2.51. The summed E-state index contributed by atoms with van der Waals surface area (Å²) in [4.78, 5) is 23.9. The number of nitrogens with one attached hydrogen (secondary N) is 1. The van der Waals surface area contributed by atoms with E-state index in [9.17, 15) is 14.7 Å². The molecule has 0 saturated carbocycles. The standard InChI is InChI=1S/C17H26N2O4/c1-4-15-6-5-7-16(12-15)23-11-10-19(13(2)17(21)22)9-8-18-14(3)20/h5-7,12-13H,4,8-11H2,1-3H3,(H,18,20)(H,21,22). The van der Waals surface area contributed by atoms with Crippen molar-refractivity contribution in [1.29, 1.82) is 0 Å². The Kier molecular flexibility index (Phi) is 8.11. The van der Waals surface area contributed by atoms with Gasteiger partial charge < -0.3 is 15.2 Å². The molecule has 0 aromatic heterocycles. The van der Waals surface area contributed by atoms with E-state index in [1.807, 2.05) is 24.3 Å². The second-order valence-corrected chi connectivity index (χ2v) is 5.38. The van der Waals surface area contributed by atoms with Gasteiger partial charge in [0.2, 0.25) is 5.91 Å². The predicted octanol–water partition coefficient (Wildman–Crippen LogP) is 1.54. The third-order valence-corrected chi connectivity index (χ3v) is 3.63. The molecule has 2 N–H and O–H groups in total. The molecule has 6 nitrogen and oxygen atoms in total. The first-order valence-electron chi connectivity index (χ1n) is 7.87. The van der Waals surface area contributed by atoms with Gasteiger partial charge in [-0.15, -0.1) is 0 Å². The van der Waals surface area contributed by atoms with Crippen molar-refractivity contribution in [2.24, 2.45) is 0 Å². The molecule has 0 spiro atoms. The molecule has 1 aromatic rings. The van der Waals surface area contributed by atoms with E-state index in [-0.39, 0.29) is 5.91 Å². The first kappa shape index (κ1) is 19.0. The smallest absolute Gasteiger partial charge is 0.320 e. The number of hydrogen-bond donors (Lipinski definition) is 2. The molecule has 1 amide bonds. The van der Waals surface area contributed by atoms with Crippen LogP contribution < -0.4 is 10.1 Å². The molecule has 0 radical (unpaired) electrons. The van der Waals surface area contributed by atoms with Gasteiger partial charge in [-0.2, -0.15) is 0 Å². The molecule has 128 valence electrons. The summed E-state index contributed by atoms with van der Waals surface area (Å²) in [6, 6.07) is 7.24. The second kappa shape index (κ2) is 9.84. The Morgan fingerprint density at radius 2 is 2.09 bits per heavy atom. The van der Waals surface area contributed by atoms with Gasteiger partial charge in [-0.1, -0.05) is 19.1 Å². The number of aryl methyl sites for hydroxylation is 1. The molecule has 0 bridgehead atoms. The van der Waals surface area contributed by atoms with E-state index in [2.05, 4.69) is 12.2 Å². The zero-order valence-electron chi connectivity index (χ0n) is 14.0. The van der Waals surface area contributed by atoms with Gasteiger partial charge in [-0.25, -0.2) is 0 Å². The summed E-state index contributed by atoms with van der Waals surface area (Å²) in [7, 11) is 0. The Morgan fingerprint density at radius 3 is 2.70 bits per heavy atom. The van der Waals surface area contributed by atoms with Crippen LogP contribution in [-0.2, 0) is 16.0 Å². The minimum Gasteiger partial charge on any atom is -0.492 e. The molecule has 1 aromatic carbocycles. The maximum Gasteiger partial charge on any atom is 0.320 e. The second-order valence-electron chi connectivity index (χ2n) is 5.38. The summed E-state index contributed by atoms with van der Waals surface area (Å²) in [6.07, 6.45) is 0.941. The normalized spacial score (nSPS) is 12.0. The van der Waals surface area contributed by atoms with Gasteiger partial charge in [0.1, 0.15) is 18.4 Å². The van der Waals surface area contributed by atoms with Crippen LogP contribution in [0.4, 0.5) is 0 Å². The highest BCUT2D eigenvalue weighted by Crippen LogP contribution is 2.13. The van der Waals surface area contributed by atoms with E-state index in [1.54, 1.807) is 11.8 Å². The van der Waals surface area contributed by atoms with Crippen molar-refractivity contribution in [3.63, 3.8) is 0 Å². The number of hydrogen-bond acceptors (Lipinski definition) is 4. The van der Waals surface area contributed by atoms with Crippen LogP contribution in [0.3, 0.4) is 0 Å². The van der Waals surface area contributed by atoms with E-state index in [0.717, 1.165) is 12.2 Å². The van der Waals surface area contributed by atoms with Crippen LogP contribution in [-0.4, -0.2) is 54.2 Å². The van der Waals surface area contributed by atoms with Crippen LogP contribution in [0.25, 0.3) is 0 Å². The first-order chi connectivity index (χ1) is 10.9. The van der Waals surface area contributed by atoms with Gasteiger partial charge in [0, 0.05) is 26.6 Å². The fraction of sp³-hybridized carbons (Fsp3) is 0.529. The predicted molar refractivity (Wildman–Crippen MR) is 88.7 cm³/mol. The molecule has 0 aliphatic heterocycles. The maximum atomic E-state index is 11.2. The summed E-state index contributed by atoms with van der Waals surface area (Å²) in [5, 5.41) is 11.9. The van der Waals surface area contributed by atoms with Crippen molar-refractivity contribution in [1.82, 2.24) is 10.2 Å². The van der Waals surface area contributed by atoms with Crippen LogP contribution in [0.2, 0.25) is 0 Å². The lowest BCUT2D eigenvalue weighted by molar-refractivity contribution is -0.142. The number of aliphatic carboxylic acids is 1. The molecule has 0 aliphatic carbocycles. The number of carboxylic acid groups (broad SMARTS) is 1. The lowest BCUT2D eigenvalue weighted by Gasteiger charge is -2.26. The molecule has 0 heterocycles. The van der Waals surface area contributed by atoms with Crippen molar-refractivity contribution in [3.05, 3.63) is 29.8 Å². The van der Waals surface area contributed by atoms with Gasteiger partial charge in [0.05, 0.1) is 0 Å². The van der Waals surface area contributed by atoms with Crippen LogP contribution in [0.15, 0.2) is 24.3 Å². The molecular weight excluding hydrogens is 296 g/mol. The quantitative estimate of drug-likeness (QED) is 0.683. The van der Waals surface area contributed by atoms with Gasteiger partial charge in [0.15, 0.2) is 0 Å². The average Bonchev–Trinajstić information content (AvgIpc) is 2.52. The van der Waals surface area contributed by atoms with Crippen LogP contribution >= 0.6 is 0 Å². The third kappa shape index (κ3) is 7.15. The number of carbonyl (C=O) groups excluding carboxylic acids is 1. The summed E-state index contributed by atoms with van der Waals surface area (Å²) in [6.45, 7) is 6.90. The molecule has 23 heavy (non-hydrogen) atoms. The van der Waals surface area contributed by atoms with E-state index < -0.39 is 12.0 Å². The fourth-order valence-corrected chi connectivity index (χ4v) is 2.17. The summed E-state index contributed by atoms with van der Waals surface area (Å²) in [5.41, 5.74) is 1.20. The SMILES string of the molecule is CCc1cccc(OCCN(CCNC(C)=O)C(C)C(=O)O)c1. The minimum atomic E-state index is -0.888. The molecule has 1 unspecified atom stereocenters. The van der Waals surface area contributed by atoms with Gasteiger partial charge in [0.25, 0.3) is 0 Å². The van der Waals surface area contributed by atoms with E-state index in [1.165, 1.54) is 12.5 Å². The topological polar surface area (TPSA) is 78.9 Å². The Hall–Kier alpha value is -2.08. The lowest BCUT2D eigenvalue weighted by atomic mass is 10.2. The van der Waals surface area contributed by atoms with Crippen LogP contribution in [0.5, 0.6) is 5.75 Å². The Morgan fingerprint density at radius 1 is 1.35 bits per heavy atom. The highest BCUT2D eigenvalue weighted by atomic mass is 16.5. The number of rotatable bonds is 10. The molecule has 1 atom stereocenters. The van der Waals surface area contributed by atoms with Gasteiger partial charge in [-0.05, 0) is 31.0 Å². The lowest BCUT2D eigenvalue weighted by Crippen LogP contribution is -2.45. The van der Waals surface area contributed by atoms with Crippen molar-refractivity contribution >= 4 is 11.9 Å². The minimum absolute atomic E-state index is 0.124. The number of benzene rings is 1. The molecular formula is C17H26N2O4. The number of amides is 1. The Labute approximate surface area is 137 Å². The maximum absolute atomic E-state index is 11.2. The largest absolute Gasteiger partial charge is 0.492 e. The average molecular weight is 322 g/mol. The number of nitrogens with zero attached hydrogens (tertiary/aromatic N) is 1. The van der Waals surface area contributed by atoms with Gasteiger partial charge in [-0.3, -0.25) is 14.5 Å². The molecule has 1 rings (SSSR count). The zero-order chi connectivity index (χ0) is 17.2. The number of carbonyl (C=O) groups is 2. The molecule has 0 saturated heterocycles. The first-order valence-corrected chi connectivity index (χ1v) is 7.87. The van der Waals surface area contributed by atoms with Crippen molar-refractivity contribution in [2.45, 2.75) is 33.2 Å². The third-order valence-electron chi connectivity index (χ3n) is 3.63. The Bertz CT molecular complexity index is 519. The highest BCUT2D eigenvalue weighted by Gasteiger charge is 2.20. The summed E-state index contributed by atoms with van der Waals surface area (Å²) in [5.74, 6) is -0.226. The zero-order valence-corrected chi connectivity index (χ0v) is 14.0. The molecule has 6 heteroatoms. The highest BCUT2D eigenvalue weighted by molar-refractivity contribution is 5.73. The number of carboxylic acids is 1. The van der Waals surface area contributed by atoms with Crippen molar-refractivity contribution in [3.8, 4) is 5.75 Å². The van der Waals surface area contributed by atoms with E-state index in [0.29, 0.717) is 26.2 Å². The molecule has 0 fully saturated rings. The number of ether oxygens (including phenoxy) is 1. The monoisotopic (exact) mass is 322 g/mol. The van der Waals surface area contributed by atoms with Crippen LogP contribution in [0.1, 0.15) is 26.3 Å². The van der Waals surface area contributed by atoms with Crippen LogP contribution in [0, 0.1) is 0 Å². The fourth-order valence-electron chi connectivity index (χ4n) is 2.17. The van der Waals surface area contributed by atoms with Crippen molar-refractivity contribution < 1.29 is 19.4 Å². The van der Waals surface area contributed by atoms with Gasteiger partial charge >= 0.3 is 5.97 Å². The van der Waals surface area contributed by atoms with Crippen molar-refractivity contribution in [2.75, 3.05) is 26.2 Å². The molecule has 0 aliphatic rings. The van der Waals surface area contributed by atoms with E-state index >= 15 is 0 Å².